The number of alkyl halides is 3. The van der Waals surface area contributed by atoms with Gasteiger partial charge in [-0.2, -0.15) is 13.2 Å². The maximum atomic E-state index is 12.6. The van der Waals surface area contributed by atoms with Crippen LogP contribution in [0.1, 0.15) is 5.56 Å². The number of aromatic nitrogens is 1. The van der Waals surface area contributed by atoms with Gasteiger partial charge in [0.25, 0.3) is 0 Å². The summed E-state index contributed by atoms with van der Waals surface area (Å²) in [6.45, 7) is 0. The molecule has 3 nitrogen and oxygen atoms in total. The van der Waals surface area contributed by atoms with Crippen LogP contribution < -0.4 is 11.1 Å². The Morgan fingerprint density at radius 2 is 1.79 bits per heavy atom. The van der Waals surface area contributed by atoms with Crippen molar-refractivity contribution in [3.8, 4) is 0 Å². The van der Waals surface area contributed by atoms with Crippen LogP contribution in [-0.4, -0.2) is 4.98 Å². The number of hydrogen-bond acceptors (Lipinski definition) is 3. The Morgan fingerprint density at radius 1 is 1.05 bits per heavy atom. The first kappa shape index (κ1) is 13.5. The first-order chi connectivity index (χ1) is 8.84. The monoisotopic (exact) mass is 287 g/mol. The highest BCUT2D eigenvalue weighted by Crippen LogP contribution is 2.34. The maximum Gasteiger partial charge on any atom is 0.416 e. The number of nitrogens with zero attached hydrogens (tertiary/aromatic N) is 1. The topological polar surface area (TPSA) is 50.9 Å². The van der Waals surface area contributed by atoms with Crippen molar-refractivity contribution in [2.24, 2.45) is 0 Å². The predicted molar refractivity (Wildman–Crippen MR) is 68.4 cm³/mol. The largest absolute Gasteiger partial charge is 0.416 e. The number of nitrogens with two attached hydrogens (primary N) is 1. The molecule has 0 bridgehead atoms. The molecule has 0 spiro atoms. The van der Waals surface area contributed by atoms with E-state index in [-0.39, 0.29) is 10.7 Å². The lowest BCUT2D eigenvalue weighted by Gasteiger charge is -2.11. The third kappa shape index (κ3) is 3.51. The Hall–Kier alpha value is -1.95. The minimum absolute atomic E-state index is 0.00538. The summed E-state index contributed by atoms with van der Waals surface area (Å²) in [6, 6.07) is 4.78. The van der Waals surface area contributed by atoms with Gasteiger partial charge in [-0.3, -0.25) is 4.98 Å². The predicted octanol–water partition coefficient (Wildman–Crippen LogP) is 4.08. The molecule has 0 radical (unpaired) electrons. The third-order valence-electron chi connectivity index (χ3n) is 2.27. The van der Waals surface area contributed by atoms with E-state index in [1.54, 1.807) is 6.07 Å². The number of nitrogens with one attached hydrogen (secondary N) is 1. The number of hydrogen-bond donors (Lipinski definition) is 2. The molecule has 7 heteroatoms. The molecule has 0 unspecified atom stereocenters. The lowest BCUT2D eigenvalue weighted by molar-refractivity contribution is -0.137. The van der Waals surface area contributed by atoms with Crippen molar-refractivity contribution in [2.45, 2.75) is 6.18 Å². The van der Waals surface area contributed by atoms with Gasteiger partial charge in [-0.05, 0) is 24.3 Å². The van der Waals surface area contributed by atoms with Gasteiger partial charge in [0.1, 0.15) is 0 Å². The van der Waals surface area contributed by atoms with Gasteiger partial charge >= 0.3 is 6.18 Å². The second-order valence-corrected chi connectivity index (χ2v) is 4.29. The van der Waals surface area contributed by atoms with E-state index in [0.29, 0.717) is 11.4 Å². The minimum atomic E-state index is -4.45. The highest BCUT2D eigenvalue weighted by molar-refractivity contribution is 6.31. The highest BCUT2D eigenvalue weighted by atomic mass is 35.5. The van der Waals surface area contributed by atoms with Gasteiger partial charge in [-0.25, -0.2) is 0 Å². The number of benzene rings is 1. The van der Waals surface area contributed by atoms with Gasteiger partial charge in [0.15, 0.2) is 0 Å². The fourth-order valence-electron chi connectivity index (χ4n) is 1.52. The van der Waals surface area contributed by atoms with Gasteiger partial charge in [0.2, 0.25) is 0 Å². The average Bonchev–Trinajstić information content (AvgIpc) is 2.26. The average molecular weight is 288 g/mol. The first-order valence-electron chi connectivity index (χ1n) is 5.20. The van der Waals surface area contributed by atoms with E-state index in [1.165, 1.54) is 18.5 Å². The molecule has 3 N–H and O–H groups in total. The zero-order chi connectivity index (χ0) is 14.0. The number of anilines is 3. The molecule has 1 heterocycles. The Kier molecular flexibility index (Phi) is 3.53. The summed E-state index contributed by atoms with van der Waals surface area (Å²) in [5, 5.41) is 2.77. The van der Waals surface area contributed by atoms with Crippen molar-refractivity contribution in [2.75, 3.05) is 11.1 Å². The molecule has 1 aromatic heterocycles. The molecule has 0 aliphatic rings. The van der Waals surface area contributed by atoms with Crippen LogP contribution in [0, 0.1) is 0 Å². The summed E-state index contributed by atoms with van der Waals surface area (Å²) < 4.78 is 37.9. The van der Waals surface area contributed by atoms with E-state index in [0.717, 1.165) is 12.1 Å². The normalized spacial score (nSPS) is 11.4. The Bertz CT molecular complexity index is 599. The quantitative estimate of drug-likeness (QED) is 0.875. The van der Waals surface area contributed by atoms with Gasteiger partial charge in [-0.15, -0.1) is 0 Å². The van der Waals surface area contributed by atoms with Crippen molar-refractivity contribution < 1.29 is 13.2 Å². The summed E-state index contributed by atoms with van der Waals surface area (Å²) in [7, 11) is 0. The van der Waals surface area contributed by atoms with Crippen LogP contribution in [0.4, 0.5) is 30.2 Å². The molecule has 0 aliphatic heterocycles. The lowest BCUT2D eigenvalue weighted by atomic mass is 10.2. The number of pyridine rings is 1. The molecule has 0 amide bonds. The lowest BCUT2D eigenvalue weighted by Crippen LogP contribution is -2.05. The summed E-state index contributed by atoms with van der Waals surface area (Å²) in [4.78, 5) is 3.83. The van der Waals surface area contributed by atoms with Gasteiger partial charge in [0.05, 0.1) is 23.1 Å². The second kappa shape index (κ2) is 4.97. The fraction of sp³-hybridized carbons (Fsp3) is 0.0833. The second-order valence-electron chi connectivity index (χ2n) is 3.86. The Balaban J connectivity index is 2.33. The molecule has 0 aliphatic carbocycles. The molecule has 2 aromatic rings. The van der Waals surface area contributed by atoms with E-state index >= 15 is 0 Å². The molecule has 19 heavy (non-hydrogen) atoms. The molecule has 100 valence electrons. The molecule has 2 rings (SSSR count). The third-order valence-corrected chi connectivity index (χ3v) is 2.49. The van der Waals surface area contributed by atoms with Crippen LogP contribution in [0.25, 0.3) is 0 Å². The van der Waals surface area contributed by atoms with E-state index in [2.05, 4.69) is 10.3 Å². The van der Waals surface area contributed by atoms with Gasteiger partial charge in [0, 0.05) is 16.9 Å². The maximum absolute atomic E-state index is 12.6. The van der Waals surface area contributed by atoms with E-state index in [1.807, 2.05) is 0 Å². The minimum Gasteiger partial charge on any atom is -0.397 e. The van der Waals surface area contributed by atoms with E-state index in [4.69, 9.17) is 17.3 Å². The zero-order valence-corrected chi connectivity index (χ0v) is 10.3. The molecule has 0 fully saturated rings. The first-order valence-corrected chi connectivity index (χ1v) is 5.58. The van der Waals surface area contributed by atoms with Crippen molar-refractivity contribution in [1.29, 1.82) is 0 Å². The summed E-state index contributed by atoms with van der Waals surface area (Å²) in [5.41, 5.74) is 5.82. The van der Waals surface area contributed by atoms with Crippen LogP contribution in [0.15, 0.2) is 36.7 Å². The van der Waals surface area contributed by atoms with Crippen LogP contribution in [0.5, 0.6) is 0 Å². The Labute approximate surface area is 112 Å². The van der Waals surface area contributed by atoms with Crippen LogP contribution in [-0.2, 0) is 6.18 Å². The standard InChI is InChI=1S/C12H9ClF3N3/c13-8-1-7(12(14,15)16)2-10(3-8)19-11-4-9(17)5-18-6-11/h1-6,19H,17H2. The summed E-state index contributed by atoms with van der Waals surface area (Å²) >= 11 is 5.67. The molecule has 0 atom stereocenters. The SMILES string of the molecule is Nc1cncc(Nc2cc(Cl)cc(C(F)(F)F)c2)c1. The van der Waals surface area contributed by atoms with Crippen molar-refractivity contribution in [3.63, 3.8) is 0 Å². The van der Waals surface area contributed by atoms with Crippen molar-refractivity contribution >= 4 is 28.7 Å². The van der Waals surface area contributed by atoms with Gasteiger partial charge < -0.3 is 11.1 Å². The summed E-state index contributed by atoms with van der Waals surface area (Å²) in [6.07, 6.45) is -1.57. The van der Waals surface area contributed by atoms with Crippen LogP contribution in [0.2, 0.25) is 5.02 Å². The molecular formula is C12H9ClF3N3. The molecular weight excluding hydrogens is 279 g/mol. The number of halogens is 4. The van der Waals surface area contributed by atoms with Crippen LogP contribution >= 0.6 is 11.6 Å². The van der Waals surface area contributed by atoms with Crippen LogP contribution in [0.3, 0.4) is 0 Å². The summed E-state index contributed by atoms with van der Waals surface area (Å²) in [5.74, 6) is 0. The molecule has 0 saturated carbocycles. The molecule has 1 aromatic carbocycles. The van der Waals surface area contributed by atoms with Gasteiger partial charge in [-0.1, -0.05) is 11.6 Å². The number of rotatable bonds is 2. The Morgan fingerprint density at radius 3 is 2.42 bits per heavy atom. The van der Waals surface area contributed by atoms with Crippen molar-refractivity contribution in [1.82, 2.24) is 4.98 Å². The highest BCUT2D eigenvalue weighted by Gasteiger charge is 2.31. The fourth-order valence-corrected chi connectivity index (χ4v) is 1.75. The molecule has 0 saturated heterocycles. The smallest absolute Gasteiger partial charge is 0.397 e. The van der Waals surface area contributed by atoms with Crippen molar-refractivity contribution in [3.05, 3.63) is 47.2 Å². The number of nitrogen functional groups attached to an aromatic ring is 1. The van der Waals surface area contributed by atoms with E-state index in [9.17, 15) is 13.2 Å². The van der Waals surface area contributed by atoms with E-state index < -0.39 is 11.7 Å². The zero-order valence-electron chi connectivity index (χ0n) is 9.50.